The SMILES string of the molecule is CC(Cl)OOC(=O)Cl. The summed E-state index contributed by atoms with van der Waals surface area (Å²) in [4.78, 5) is 17.6. The Morgan fingerprint density at radius 2 is 2.25 bits per heavy atom. The van der Waals surface area contributed by atoms with Gasteiger partial charge in [0.15, 0.2) is 5.56 Å². The van der Waals surface area contributed by atoms with Crippen LogP contribution in [0.5, 0.6) is 0 Å². The monoisotopic (exact) mass is 158 g/mol. The van der Waals surface area contributed by atoms with E-state index in [4.69, 9.17) is 11.6 Å². The highest BCUT2D eigenvalue weighted by molar-refractivity contribution is 6.61. The van der Waals surface area contributed by atoms with Gasteiger partial charge in [0, 0.05) is 11.6 Å². The normalized spacial score (nSPS) is 12.9. The first-order valence-corrected chi connectivity index (χ1v) is 2.61. The van der Waals surface area contributed by atoms with Crippen LogP contribution < -0.4 is 0 Å². The molecule has 0 amide bonds. The first kappa shape index (κ1) is 8.01. The van der Waals surface area contributed by atoms with E-state index in [1.165, 1.54) is 6.92 Å². The second-order valence-electron chi connectivity index (χ2n) is 0.960. The molecule has 48 valence electrons. The lowest BCUT2D eigenvalue weighted by Crippen LogP contribution is -2.01. The zero-order valence-corrected chi connectivity index (χ0v) is 5.57. The zero-order valence-electron chi connectivity index (χ0n) is 4.06. The van der Waals surface area contributed by atoms with E-state index in [0.717, 1.165) is 0 Å². The van der Waals surface area contributed by atoms with Gasteiger partial charge in [0.05, 0.1) is 0 Å². The average Bonchev–Trinajstić information content (AvgIpc) is 1.61. The van der Waals surface area contributed by atoms with Gasteiger partial charge in [-0.1, -0.05) is 11.6 Å². The topological polar surface area (TPSA) is 35.5 Å². The van der Waals surface area contributed by atoms with Crippen molar-refractivity contribution in [3.05, 3.63) is 0 Å². The number of carbonyl (C=O) groups is 1. The summed E-state index contributed by atoms with van der Waals surface area (Å²) in [6, 6.07) is 0. The maximum Gasteiger partial charge on any atom is 0.435 e. The third-order valence-corrected chi connectivity index (χ3v) is 0.382. The van der Waals surface area contributed by atoms with Gasteiger partial charge >= 0.3 is 5.43 Å². The van der Waals surface area contributed by atoms with Crippen LogP contribution in [0.3, 0.4) is 0 Å². The van der Waals surface area contributed by atoms with Gasteiger partial charge in [-0.15, -0.1) is 0 Å². The minimum Gasteiger partial charge on any atom is -0.279 e. The molecule has 0 N–H and O–H groups in total. The minimum atomic E-state index is -1.03. The molecule has 0 rings (SSSR count). The highest BCUT2D eigenvalue weighted by atomic mass is 35.5. The maximum absolute atomic E-state index is 9.71. The van der Waals surface area contributed by atoms with Crippen molar-refractivity contribution >= 4 is 28.6 Å². The molecule has 0 aromatic heterocycles. The average molecular weight is 159 g/mol. The molecule has 0 bridgehead atoms. The molecule has 8 heavy (non-hydrogen) atoms. The smallest absolute Gasteiger partial charge is 0.279 e. The molecule has 0 aromatic rings. The third-order valence-electron chi connectivity index (χ3n) is 0.246. The van der Waals surface area contributed by atoms with Gasteiger partial charge in [0.2, 0.25) is 0 Å². The summed E-state index contributed by atoms with van der Waals surface area (Å²) in [5, 5.41) is 0. The fraction of sp³-hybridized carbons (Fsp3) is 0.667. The Hall–Kier alpha value is 0.01000. The van der Waals surface area contributed by atoms with Gasteiger partial charge in [-0.3, -0.25) is 4.89 Å². The van der Waals surface area contributed by atoms with Gasteiger partial charge in [-0.05, 0) is 6.92 Å². The first-order valence-electron chi connectivity index (χ1n) is 1.80. The summed E-state index contributed by atoms with van der Waals surface area (Å²) in [7, 11) is 0. The number of carbonyl (C=O) groups excluding carboxylic acids is 1. The van der Waals surface area contributed by atoms with E-state index in [-0.39, 0.29) is 0 Å². The highest BCUT2D eigenvalue weighted by Crippen LogP contribution is 1.98. The molecule has 3 nitrogen and oxygen atoms in total. The standard InChI is InChI=1S/C3H4Cl2O3/c1-2(4)7-8-3(5)6/h2H,1H3. The number of halogens is 2. The molecule has 0 aliphatic heterocycles. The molecule has 0 heterocycles. The zero-order chi connectivity index (χ0) is 6.57. The lowest BCUT2D eigenvalue weighted by Gasteiger charge is -1.98. The molecular formula is C3H4Cl2O3. The van der Waals surface area contributed by atoms with Crippen LogP contribution >= 0.6 is 23.2 Å². The number of hydrogen-bond donors (Lipinski definition) is 0. The summed E-state index contributed by atoms with van der Waals surface area (Å²) in [5.74, 6) is 0. The Balaban J connectivity index is 3.05. The quantitative estimate of drug-likeness (QED) is 0.267. The van der Waals surface area contributed by atoms with Crippen molar-refractivity contribution < 1.29 is 14.6 Å². The summed E-state index contributed by atoms with van der Waals surface area (Å²) >= 11 is 9.84. The van der Waals surface area contributed by atoms with Crippen molar-refractivity contribution in [2.45, 2.75) is 12.5 Å². The molecule has 0 spiro atoms. The fourth-order valence-electron chi connectivity index (χ4n) is 0.104. The van der Waals surface area contributed by atoms with Gasteiger partial charge in [-0.25, -0.2) is 4.79 Å². The Kier molecular flexibility index (Phi) is 3.95. The molecule has 5 heteroatoms. The maximum atomic E-state index is 9.71. The van der Waals surface area contributed by atoms with E-state index in [1.54, 1.807) is 0 Å². The fourth-order valence-corrected chi connectivity index (χ4v) is 0.177. The molecule has 0 aliphatic rings. The molecular weight excluding hydrogens is 155 g/mol. The Morgan fingerprint density at radius 1 is 1.75 bits per heavy atom. The van der Waals surface area contributed by atoms with Crippen LogP contribution in [0.1, 0.15) is 6.92 Å². The third kappa shape index (κ3) is 6.01. The van der Waals surface area contributed by atoms with Crippen molar-refractivity contribution in [2.24, 2.45) is 0 Å². The Labute approximate surface area is 56.4 Å². The lowest BCUT2D eigenvalue weighted by atomic mass is 10.9. The van der Waals surface area contributed by atoms with Crippen LogP contribution in [0.15, 0.2) is 0 Å². The van der Waals surface area contributed by atoms with Crippen molar-refractivity contribution in [1.29, 1.82) is 0 Å². The highest BCUT2D eigenvalue weighted by Gasteiger charge is 1.99. The van der Waals surface area contributed by atoms with Crippen LogP contribution in [0, 0.1) is 0 Å². The molecule has 0 aliphatic carbocycles. The number of hydrogen-bond acceptors (Lipinski definition) is 3. The lowest BCUT2D eigenvalue weighted by molar-refractivity contribution is -0.240. The molecule has 1 unspecified atom stereocenters. The predicted molar refractivity (Wildman–Crippen MR) is 28.7 cm³/mol. The van der Waals surface area contributed by atoms with Crippen molar-refractivity contribution in [3.8, 4) is 0 Å². The van der Waals surface area contributed by atoms with Crippen molar-refractivity contribution in [2.75, 3.05) is 0 Å². The van der Waals surface area contributed by atoms with Gasteiger partial charge in [0.25, 0.3) is 0 Å². The van der Waals surface area contributed by atoms with Gasteiger partial charge in [-0.2, -0.15) is 4.89 Å². The number of alkyl halides is 1. The van der Waals surface area contributed by atoms with Crippen LogP contribution in [-0.4, -0.2) is 11.0 Å². The second-order valence-corrected chi connectivity index (χ2v) is 1.88. The second kappa shape index (κ2) is 3.95. The van der Waals surface area contributed by atoms with Crippen LogP contribution in [0.2, 0.25) is 0 Å². The summed E-state index contributed by atoms with van der Waals surface area (Å²) in [5.41, 5.74) is -1.70. The van der Waals surface area contributed by atoms with Crippen LogP contribution in [-0.2, 0) is 9.78 Å². The van der Waals surface area contributed by atoms with E-state index >= 15 is 0 Å². The molecule has 0 saturated carbocycles. The molecule has 0 radical (unpaired) electrons. The van der Waals surface area contributed by atoms with Crippen LogP contribution in [0.25, 0.3) is 0 Å². The predicted octanol–water partition coefficient (Wildman–Crippen LogP) is 1.88. The van der Waals surface area contributed by atoms with Crippen LogP contribution in [0.4, 0.5) is 4.79 Å². The summed E-state index contributed by atoms with van der Waals surface area (Å²) in [6.45, 7) is 1.49. The van der Waals surface area contributed by atoms with E-state index in [1.807, 2.05) is 0 Å². The van der Waals surface area contributed by atoms with Crippen molar-refractivity contribution in [1.82, 2.24) is 0 Å². The van der Waals surface area contributed by atoms with E-state index in [0.29, 0.717) is 0 Å². The minimum absolute atomic E-state index is 0.669. The summed E-state index contributed by atoms with van der Waals surface area (Å²) < 4.78 is 0. The largest absolute Gasteiger partial charge is 0.435 e. The Morgan fingerprint density at radius 3 is 2.38 bits per heavy atom. The van der Waals surface area contributed by atoms with E-state index in [9.17, 15) is 4.79 Å². The van der Waals surface area contributed by atoms with Gasteiger partial charge in [0.1, 0.15) is 0 Å². The molecule has 0 aromatic carbocycles. The van der Waals surface area contributed by atoms with Gasteiger partial charge < -0.3 is 0 Å². The molecule has 0 fully saturated rings. The molecule has 1 atom stereocenters. The number of rotatable bonds is 2. The summed E-state index contributed by atoms with van der Waals surface area (Å²) in [6.07, 6.45) is 0. The first-order chi connectivity index (χ1) is 3.63. The van der Waals surface area contributed by atoms with E-state index < -0.39 is 11.0 Å². The Bertz CT molecular complexity index is 82.6. The van der Waals surface area contributed by atoms with Crippen molar-refractivity contribution in [3.63, 3.8) is 0 Å². The van der Waals surface area contributed by atoms with E-state index in [2.05, 4.69) is 21.4 Å². The molecule has 0 saturated heterocycles.